The maximum atomic E-state index is 11.9. The van der Waals surface area contributed by atoms with E-state index in [1.165, 1.54) is 6.92 Å². The molecule has 1 fully saturated rings. The van der Waals surface area contributed by atoms with Crippen LogP contribution in [0.25, 0.3) is 0 Å². The van der Waals surface area contributed by atoms with Crippen LogP contribution in [0.2, 0.25) is 0 Å². The third-order valence-corrected chi connectivity index (χ3v) is 3.07. The van der Waals surface area contributed by atoms with E-state index in [4.69, 9.17) is 4.74 Å². The molecule has 0 aromatic heterocycles. The average molecular weight is 262 g/mol. The lowest BCUT2D eigenvalue weighted by molar-refractivity contribution is -0.133. The second-order valence-electron chi connectivity index (χ2n) is 4.50. The van der Waals surface area contributed by atoms with E-state index >= 15 is 0 Å². The van der Waals surface area contributed by atoms with Gasteiger partial charge in [-0.3, -0.25) is 9.59 Å². The number of hydrogen-bond acceptors (Lipinski definition) is 4. The molecule has 1 aromatic rings. The van der Waals surface area contributed by atoms with E-state index < -0.39 is 0 Å². The molecule has 0 bridgehead atoms. The van der Waals surface area contributed by atoms with Crippen molar-refractivity contribution < 1.29 is 14.3 Å². The molecule has 1 aliphatic heterocycles. The van der Waals surface area contributed by atoms with Crippen molar-refractivity contribution in [1.29, 1.82) is 0 Å². The van der Waals surface area contributed by atoms with Crippen LogP contribution < -0.4 is 10.1 Å². The third kappa shape index (κ3) is 3.79. The molecular formula is C14H18N2O3. The summed E-state index contributed by atoms with van der Waals surface area (Å²) in [6, 6.07) is 6.89. The highest BCUT2D eigenvalue weighted by atomic mass is 16.5. The number of nitrogens with zero attached hydrogens (tertiary/aromatic N) is 1. The molecule has 1 amide bonds. The first-order chi connectivity index (χ1) is 9.16. The molecule has 1 aliphatic rings. The van der Waals surface area contributed by atoms with Crippen molar-refractivity contribution >= 4 is 11.7 Å². The standard InChI is InChI=1S/C14H18N2O3/c1-11(17)12-3-2-4-13(9-12)19-10-14(18)16-7-5-15-6-8-16/h2-4,9,15H,5-8,10H2,1H3. The Labute approximate surface area is 112 Å². The molecule has 1 heterocycles. The van der Waals surface area contributed by atoms with Gasteiger partial charge >= 0.3 is 0 Å². The van der Waals surface area contributed by atoms with E-state index in [1.54, 1.807) is 29.2 Å². The minimum atomic E-state index is -0.0188. The first-order valence-corrected chi connectivity index (χ1v) is 6.39. The fourth-order valence-corrected chi connectivity index (χ4v) is 1.96. The van der Waals surface area contributed by atoms with Crippen molar-refractivity contribution in [1.82, 2.24) is 10.2 Å². The average Bonchev–Trinajstić information content (AvgIpc) is 2.46. The van der Waals surface area contributed by atoms with Gasteiger partial charge in [-0.2, -0.15) is 0 Å². The summed E-state index contributed by atoms with van der Waals surface area (Å²) in [4.78, 5) is 24.9. The van der Waals surface area contributed by atoms with Crippen molar-refractivity contribution in [3.63, 3.8) is 0 Å². The highest BCUT2D eigenvalue weighted by Crippen LogP contribution is 2.13. The van der Waals surface area contributed by atoms with Crippen LogP contribution in [0.5, 0.6) is 5.75 Å². The van der Waals surface area contributed by atoms with E-state index in [2.05, 4.69) is 5.32 Å². The van der Waals surface area contributed by atoms with Gasteiger partial charge in [-0.15, -0.1) is 0 Å². The molecule has 0 atom stereocenters. The summed E-state index contributed by atoms with van der Waals surface area (Å²) in [5.74, 6) is 0.518. The maximum Gasteiger partial charge on any atom is 0.260 e. The molecule has 1 N–H and O–H groups in total. The molecule has 102 valence electrons. The largest absolute Gasteiger partial charge is 0.484 e. The van der Waals surface area contributed by atoms with Crippen molar-refractivity contribution in [2.75, 3.05) is 32.8 Å². The highest BCUT2D eigenvalue weighted by molar-refractivity contribution is 5.94. The van der Waals surface area contributed by atoms with Gasteiger partial charge in [-0.1, -0.05) is 12.1 Å². The smallest absolute Gasteiger partial charge is 0.260 e. The quantitative estimate of drug-likeness (QED) is 0.812. The van der Waals surface area contributed by atoms with Crippen molar-refractivity contribution in [2.45, 2.75) is 6.92 Å². The Balaban J connectivity index is 1.89. The molecule has 0 radical (unpaired) electrons. The summed E-state index contributed by atoms with van der Waals surface area (Å²) >= 11 is 0. The Morgan fingerprint density at radius 3 is 2.74 bits per heavy atom. The van der Waals surface area contributed by atoms with E-state index in [0.29, 0.717) is 11.3 Å². The van der Waals surface area contributed by atoms with E-state index in [-0.39, 0.29) is 18.3 Å². The van der Waals surface area contributed by atoms with Gasteiger partial charge in [0.15, 0.2) is 12.4 Å². The van der Waals surface area contributed by atoms with Crippen LogP contribution in [0.1, 0.15) is 17.3 Å². The molecule has 0 aliphatic carbocycles. The maximum absolute atomic E-state index is 11.9. The fraction of sp³-hybridized carbons (Fsp3) is 0.429. The number of carbonyl (C=O) groups excluding carboxylic acids is 2. The van der Waals surface area contributed by atoms with Crippen LogP contribution in [0.4, 0.5) is 0 Å². The number of nitrogens with one attached hydrogen (secondary N) is 1. The summed E-state index contributed by atoms with van der Waals surface area (Å²) in [6.45, 7) is 4.61. The van der Waals surface area contributed by atoms with Crippen LogP contribution in [0.3, 0.4) is 0 Å². The van der Waals surface area contributed by atoms with Crippen LogP contribution in [0.15, 0.2) is 24.3 Å². The number of benzene rings is 1. The van der Waals surface area contributed by atoms with Gasteiger partial charge in [0, 0.05) is 31.7 Å². The molecule has 1 aromatic carbocycles. The zero-order chi connectivity index (χ0) is 13.7. The first-order valence-electron chi connectivity index (χ1n) is 6.39. The van der Waals surface area contributed by atoms with Gasteiger partial charge in [-0.05, 0) is 19.1 Å². The molecular weight excluding hydrogens is 244 g/mol. The topological polar surface area (TPSA) is 58.6 Å². The molecule has 19 heavy (non-hydrogen) atoms. The van der Waals surface area contributed by atoms with E-state index in [9.17, 15) is 9.59 Å². The summed E-state index contributed by atoms with van der Waals surface area (Å²) in [5, 5.41) is 3.19. The van der Waals surface area contributed by atoms with Gasteiger partial charge in [0.05, 0.1) is 0 Å². The second kappa shape index (κ2) is 6.33. The number of carbonyl (C=O) groups is 2. The number of amides is 1. The van der Waals surface area contributed by atoms with Gasteiger partial charge < -0.3 is 15.0 Å². The number of rotatable bonds is 4. The molecule has 1 saturated heterocycles. The van der Waals surface area contributed by atoms with E-state index in [0.717, 1.165) is 26.2 Å². The summed E-state index contributed by atoms with van der Waals surface area (Å²) in [6.07, 6.45) is 0. The summed E-state index contributed by atoms with van der Waals surface area (Å²) < 4.78 is 5.45. The van der Waals surface area contributed by atoms with E-state index in [1.807, 2.05) is 0 Å². The van der Waals surface area contributed by atoms with Crippen LogP contribution in [-0.4, -0.2) is 49.4 Å². The van der Waals surface area contributed by atoms with Crippen molar-refractivity contribution in [3.05, 3.63) is 29.8 Å². The number of ether oxygens (including phenoxy) is 1. The van der Waals surface area contributed by atoms with Crippen LogP contribution >= 0.6 is 0 Å². The molecule has 0 saturated carbocycles. The minimum Gasteiger partial charge on any atom is -0.484 e. The summed E-state index contributed by atoms with van der Waals surface area (Å²) in [5.41, 5.74) is 0.590. The molecule has 0 spiro atoms. The number of ketones is 1. The van der Waals surface area contributed by atoms with Gasteiger partial charge in [0.1, 0.15) is 5.75 Å². The number of Topliss-reactive ketones (excluding diaryl/α,β-unsaturated/α-hetero) is 1. The van der Waals surface area contributed by atoms with Gasteiger partial charge in [0.25, 0.3) is 5.91 Å². The van der Waals surface area contributed by atoms with Crippen LogP contribution in [-0.2, 0) is 4.79 Å². The van der Waals surface area contributed by atoms with Gasteiger partial charge in [0.2, 0.25) is 0 Å². The minimum absolute atomic E-state index is 0.0149. The fourth-order valence-electron chi connectivity index (χ4n) is 1.96. The molecule has 5 nitrogen and oxygen atoms in total. The summed E-state index contributed by atoms with van der Waals surface area (Å²) in [7, 11) is 0. The van der Waals surface area contributed by atoms with Crippen molar-refractivity contribution in [2.24, 2.45) is 0 Å². The predicted molar refractivity (Wildman–Crippen MR) is 71.4 cm³/mol. The van der Waals surface area contributed by atoms with Crippen LogP contribution in [0, 0.1) is 0 Å². The molecule has 5 heteroatoms. The lowest BCUT2D eigenvalue weighted by atomic mass is 10.1. The molecule has 2 rings (SSSR count). The Bertz CT molecular complexity index is 468. The Morgan fingerprint density at radius 1 is 1.32 bits per heavy atom. The zero-order valence-electron chi connectivity index (χ0n) is 11.0. The Hall–Kier alpha value is -1.88. The predicted octanol–water partition coefficient (Wildman–Crippen LogP) is 0.700. The zero-order valence-corrected chi connectivity index (χ0v) is 11.0. The van der Waals surface area contributed by atoms with Gasteiger partial charge in [-0.25, -0.2) is 0 Å². The normalized spacial score (nSPS) is 15.1. The lowest BCUT2D eigenvalue weighted by Crippen LogP contribution is -2.47. The Kier molecular flexibility index (Phi) is 4.52. The monoisotopic (exact) mass is 262 g/mol. The Morgan fingerprint density at radius 2 is 2.05 bits per heavy atom. The third-order valence-electron chi connectivity index (χ3n) is 3.07. The lowest BCUT2D eigenvalue weighted by Gasteiger charge is -2.27. The second-order valence-corrected chi connectivity index (χ2v) is 4.50. The number of piperazine rings is 1. The highest BCUT2D eigenvalue weighted by Gasteiger charge is 2.16. The first kappa shape index (κ1) is 13.5. The molecule has 0 unspecified atom stereocenters. The van der Waals surface area contributed by atoms with Crippen molar-refractivity contribution in [3.8, 4) is 5.75 Å². The number of hydrogen-bond donors (Lipinski definition) is 1. The SMILES string of the molecule is CC(=O)c1cccc(OCC(=O)N2CCNCC2)c1.